The van der Waals surface area contributed by atoms with Crippen LogP contribution in [0.15, 0.2) is 12.7 Å². The Labute approximate surface area is 148 Å². The highest BCUT2D eigenvalue weighted by molar-refractivity contribution is 8.00. The van der Waals surface area contributed by atoms with E-state index in [-0.39, 0.29) is 17.0 Å². The Morgan fingerprint density at radius 3 is 2.58 bits per heavy atom. The second-order valence-electron chi connectivity index (χ2n) is 6.51. The van der Waals surface area contributed by atoms with Crippen LogP contribution in [-0.4, -0.2) is 52.3 Å². The monoisotopic (exact) mass is 358 g/mol. The van der Waals surface area contributed by atoms with Gasteiger partial charge in [-0.3, -0.25) is 9.59 Å². The molecule has 0 saturated heterocycles. The number of hydrogen-bond donors (Lipinski definition) is 2. The van der Waals surface area contributed by atoms with Gasteiger partial charge in [-0.25, -0.2) is 0 Å². The van der Waals surface area contributed by atoms with Crippen LogP contribution in [0.3, 0.4) is 0 Å². The largest absolute Gasteiger partial charge is 0.469 e. The lowest BCUT2D eigenvalue weighted by molar-refractivity contribution is -0.166. The van der Waals surface area contributed by atoms with Crippen LogP contribution >= 0.6 is 11.8 Å². The van der Waals surface area contributed by atoms with Crippen LogP contribution in [0.1, 0.15) is 39.5 Å². The molecule has 0 aromatic heterocycles. The number of methoxy groups -OCH3 is 1. The van der Waals surface area contributed by atoms with Crippen molar-refractivity contribution in [1.82, 2.24) is 0 Å². The van der Waals surface area contributed by atoms with Crippen molar-refractivity contribution in [2.24, 2.45) is 17.8 Å². The van der Waals surface area contributed by atoms with Gasteiger partial charge < -0.3 is 14.9 Å². The average Bonchev–Trinajstić information content (AvgIpc) is 2.52. The quantitative estimate of drug-likeness (QED) is 0.486. The van der Waals surface area contributed by atoms with E-state index in [1.54, 1.807) is 11.8 Å². The summed E-state index contributed by atoms with van der Waals surface area (Å²) in [4.78, 5) is 24.5. The predicted molar refractivity (Wildman–Crippen MR) is 95.8 cm³/mol. The van der Waals surface area contributed by atoms with Gasteiger partial charge in [0.25, 0.3) is 0 Å². The molecule has 6 unspecified atom stereocenters. The molecule has 2 N–H and O–H groups in total. The van der Waals surface area contributed by atoms with E-state index in [0.717, 1.165) is 5.75 Å². The van der Waals surface area contributed by atoms with Crippen LogP contribution in [0.5, 0.6) is 0 Å². The van der Waals surface area contributed by atoms with Gasteiger partial charge in [-0.15, -0.1) is 6.58 Å². The van der Waals surface area contributed by atoms with E-state index in [9.17, 15) is 19.8 Å². The Kier molecular flexibility index (Phi) is 9.02. The van der Waals surface area contributed by atoms with E-state index in [1.165, 1.54) is 7.11 Å². The van der Waals surface area contributed by atoms with Crippen LogP contribution in [0.4, 0.5) is 0 Å². The summed E-state index contributed by atoms with van der Waals surface area (Å²) in [6, 6.07) is 0. The van der Waals surface area contributed by atoms with Gasteiger partial charge >= 0.3 is 5.97 Å². The number of aliphatic hydroxyl groups excluding tert-OH is 2. The van der Waals surface area contributed by atoms with Gasteiger partial charge in [-0.05, 0) is 25.2 Å². The molecular weight excluding hydrogens is 328 g/mol. The molecule has 138 valence electrons. The molecule has 6 heteroatoms. The minimum Gasteiger partial charge on any atom is -0.469 e. The summed E-state index contributed by atoms with van der Waals surface area (Å²) in [6.07, 6.45) is 1.66. The molecule has 24 heavy (non-hydrogen) atoms. The topological polar surface area (TPSA) is 83.8 Å². The number of ketones is 1. The van der Waals surface area contributed by atoms with Crippen LogP contribution < -0.4 is 0 Å². The van der Waals surface area contributed by atoms with Crippen molar-refractivity contribution in [2.75, 3.05) is 12.9 Å². The predicted octanol–water partition coefficient (Wildman–Crippen LogP) is 2.20. The van der Waals surface area contributed by atoms with Gasteiger partial charge in [0.05, 0.1) is 31.2 Å². The zero-order valence-electron chi connectivity index (χ0n) is 14.8. The van der Waals surface area contributed by atoms with Gasteiger partial charge in [-0.2, -0.15) is 11.8 Å². The summed E-state index contributed by atoms with van der Waals surface area (Å²) in [6.45, 7) is 7.62. The third-order valence-electron chi connectivity index (χ3n) is 4.68. The molecule has 1 aliphatic rings. The smallest absolute Gasteiger partial charge is 0.311 e. The maximum absolute atomic E-state index is 12.3. The first kappa shape index (κ1) is 21.2. The van der Waals surface area contributed by atoms with Crippen molar-refractivity contribution in [3.63, 3.8) is 0 Å². The van der Waals surface area contributed by atoms with Gasteiger partial charge in [0.15, 0.2) is 0 Å². The maximum atomic E-state index is 12.3. The van der Waals surface area contributed by atoms with E-state index in [4.69, 9.17) is 4.74 Å². The molecule has 1 aliphatic carbocycles. The zero-order valence-corrected chi connectivity index (χ0v) is 15.6. The molecule has 5 nitrogen and oxygen atoms in total. The fraction of sp³-hybridized carbons (Fsp3) is 0.778. The summed E-state index contributed by atoms with van der Waals surface area (Å²) in [7, 11) is 1.29. The van der Waals surface area contributed by atoms with E-state index < -0.39 is 30.0 Å². The molecule has 0 aliphatic heterocycles. The Balaban J connectivity index is 2.94. The SMILES string of the molecule is C=CCSC(C)CC1CC(O)C(C(=O)CCC)C(O)C1C(=O)OC. The average molecular weight is 359 g/mol. The first-order valence-corrected chi connectivity index (χ1v) is 9.61. The lowest BCUT2D eigenvalue weighted by Crippen LogP contribution is -2.53. The van der Waals surface area contributed by atoms with Crippen molar-refractivity contribution in [3.8, 4) is 0 Å². The Bertz CT molecular complexity index is 439. The Hall–Kier alpha value is -0.850. The summed E-state index contributed by atoms with van der Waals surface area (Å²) in [5.74, 6) is -1.76. The molecule has 1 saturated carbocycles. The van der Waals surface area contributed by atoms with Crippen molar-refractivity contribution in [1.29, 1.82) is 0 Å². The number of thioether (sulfide) groups is 1. The summed E-state index contributed by atoms with van der Waals surface area (Å²) in [5, 5.41) is 21.3. The number of carbonyl (C=O) groups excluding carboxylic acids is 2. The molecule has 1 rings (SSSR count). The molecule has 0 radical (unpaired) electrons. The second-order valence-corrected chi connectivity index (χ2v) is 7.98. The number of ether oxygens (including phenoxy) is 1. The normalized spacial score (nSPS) is 31.3. The maximum Gasteiger partial charge on any atom is 0.311 e. The molecule has 1 fully saturated rings. The van der Waals surface area contributed by atoms with Crippen LogP contribution in [0.2, 0.25) is 0 Å². The third kappa shape index (κ3) is 5.33. The third-order valence-corrected chi connectivity index (χ3v) is 5.87. The second kappa shape index (κ2) is 10.2. The Morgan fingerprint density at radius 2 is 2.04 bits per heavy atom. The van der Waals surface area contributed by atoms with Crippen LogP contribution in [0.25, 0.3) is 0 Å². The fourth-order valence-corrected chi connectivity index (χ4v) is 4.44. The molecule has 0 amide bonds. The van der Waals surface area contributed by atoms with Crippen molar-refractivity contribution >= 4 is 23.5 Å². The van der Waals surface area contributed by atoms with Gasteiger partial charge in [0.1, 0.15) is 5.78 Å². The minimum atomic E-state index is -1.19. The first-order valence-electron chi connectivity index (χ1n) is 8.56. The van der Waals surface area contributed by atoms with Gasteiger partial charge in [0, 0.05) is 17.4 Å². The number of carbonyl (C=O) groups is 2. The summed E-state index contributed by atoms with van der Waals surface area (Å²) in [5.41, 5.74) is 0. The standard InChI is InChI=1S/C18H30O5S/c1-5-7-13(19)16-14(20)10-12(9-11(3)24-8-6-2)15(17(16)21)18(22)23-4/h6,11-12,14-17,20-21H,2,5,7-10H2,1,3-4H3. The van der Waals surface area contributed by atoms with Crippen molar-refractivity contribution in [2.45, 2.75) is 57.0 Å². The van der Waals surface area contributed by atoms with E-state index in [0.29, 0.717) is 25.7 Å². The molecule has 0 aromatic rings. The minimum absolute atomic E-state index is 0.182. The fourth-order valence-electron chi connectivity index (χ4n) is 3.59. The molecule has 6 atom stereocenters. The molecule has 0 heterocycles. The number of esters is 1. The highest BCUT2D eigenvalue weighted by Gasteiger charge is 2.49. The van der Waals surface area contributed by atoms with E-state index >= 15 is 0 Å². The van der Waals surface area contributed by atoms with Crippen molar-refractivity contribution in [3.05, 3.63) is 12.7 Å². The number of aliphatic hydroxyl groups is 2. The molecule has 0 bridgehead atoms. The number of hydrogen-bond acceptors (Lipinski definition) is 6. The lowest BCUT2D eigenvalue weighted by atomic mass is 9.67. The van der Waals surface area contributed by atoms with Gasteiger partial charge in [-0.1, -0.05) is 19.9 Å². The number of Topliss-reactive ketones (excluding diaryl/α,β-unsaturated/α-hetero) is 1. The van der Waals surface area contributed by atoms with Gasteiger partial charge in [0.2, 0.25) is 0 Å². The summed E-state index contributed by atoms with van der Waals surface area (Å²) < 4.78 is 4.86. The van der Waals surface area contributed by atoms with Crippen molar-refractivity contribution < 1.29 is 24.5 Å². The zero-order chi connectivity index (χ0) is 18.3. The number of rotatable bonds is 9. The summed E-state index contributed by atoms with van der Waals surface area (Å²) >= 11 is 1.71. The van der Waals surface area contributed by atoms with E-state index in [1.807, 2.05) is 13.0 Å². The lowest BCUT2D eigenvalue weighted by Gasteiger charge is -2.42. The molecule has 0 spiro atoms. The highest BCUT2D eigenvalue weighted by atomic mass is 32.2. The van der Waals surface area contributed by atoms with Crippen LogP contribution in [0, 0.1) is 17.8 Å². The van der Waals surface area contributed by atoms with Crippen LogP contribution in [-0.2, 0) is 14.3 Å². The first-order chi connectivity index (χ1) is 11.4. The molecule has 0 aromatic carbocycles. The highest BCUT2D eigenvalue weighted by Crippen LogP contribution is 2.40. The van der Waals surface area contributed by atoms with E-state index in [2.05, 4.69) is 13.5 Å². The Morgan fingerprint density at radius 1 is 1.38 bits per heavy atom. The molecular formula is C18H30O5S.